The molecule has 22 heavy (non-hydrogen) atoms. The van der Waals surface area contributed by atoms with E-state index < -0.39 is 0 Å². The van der Waals surface area contributed by atoms with E-state index in [4.69, 9.17) is 0 Å². The Morgan fingerprint density at radius 3 is 2.91 bits per heavy atom. The first-order valence-electron chi connectivity index (χ1n) is 7.74. The van der Waals surface area contributed by atoms with Crippen molar-refractivity contribution >= 4 is 17.3 Å². The Hall–Kier alpha value is -1.89. The van der Waals surface area contributed by atoms with E-state index in [0.29, 0.717) is 6.54 Å². The van der Waals surface area contributed by atoms with Crippen molar-refractivity contribution in [3.63, 3.8) is 0 Å². The molecule has 2 aromatic rings. The molecule has 120 valence electrons. The summed E-state index contributed by atoms with van der Waals surface area (Å²) in [4.78, 5) is 5.90. The zero-order chi connectivity index (χ0) is 15.6. The van der Waals surface area contributed by atoms with Crippen molar-refractivity contribution in [1.82, 2.24) is 25.4 Å². The van der Waals surface area contributed by atoms with Crippen LogP contribution in [0.1, 0.15) is 31.0 Å². The minimum Gasteiger partial charge on any atom is -0.356 e. The molecule has 6 nitrogen and oxygen atoms in total. The summed E-state index contributed by atoms with van der Waals surface area (Å²) < 4.78 is 2.07. The lowest BCUT2D eigenvalue weighted by Gasteiger charge is -2.12. The first kappa shape index (κ1) is 16.5. The highest BCUT2D eigenvalue weighted by Crippen LogP contribution is 2.09. The van der Waals surface area contributed by atoms with Gasteiger partial charge in [0.05, 0.1) is 6.54 Å². The van der Waals surface area contributed by atoms with Gasteiger partial charge in [-0.2, -0.15) is 0 Å². The smallest absolute Gasteiger partial charge is 0.191 e. The topological polar surface area (TPSA) is 67.1 Å². The zero-order valence-corrected chi connectivity index (χ0v) is 14.1. The van der Waals surface area contributed by atoms with Gasteiger partial charge in [0, 0.05) is 30.9 Å². The average Bonchev–Trinajstić information content (AvgIpc) is 3.20. The molecule has 0 atom stereocenters. The number of hydrogen-bond acceptors (Lipinski definition) is 4. The molecule has 2 rings (SSSR count). The van der Waals surface area contributed by atoms with E-state index in [1.807, 2.05) is 0 Å². The van der Waals surface area contributed by atoms with Crippen molar-refractivity contribution in [1.29, 1.82) is 0 Å². The van der Waals surface area contributed by atoms with Crippen molar-refractivity contribution in [3.05, 3.63) is 34.5 Å². The number of hydrogen-bond donors (Lipinski definition) is 2. The van der Waals surface area contributed by atoms with E-state index in [-0.39, 0.29) is 0 Å². The van der Waals surface area contributed by atoms with Gasteiger partial charge in [0.2, 0.25) is 0 Å². The molecule has 0 aliphatic rings. The van der Waals surface area contributed by atoms with Crippen LogP contribution >= 0.6 is 11.3 Å². The van der Waals surface area contributed by atoms with Crippen LogP contribution in [0.2, 0.25) is 0 Å². The monoisotopic (exact) mass is 320 g/mol. The van der Waals surface area contributed by atoms with Crippen LogP contribution in [-0.2, 0) is 19.5 Å². The van der Waals surface area contributed by atoms with Gasteiger partial charge < -0.3 is 15.2 Å². The molecule has 0 bridgehead atoms. The second-order valence-electron chi connectivity index (χ2n) is 4.89. The molecule has 7 heteroatoms. The molecule has 0 radical (unpaired) electrons. The Labute approximate surface area is 135 Å². The van der Waals surface area contributed by atoms with E-state index >= 15 is 0 Å². The quantitative estimate of drug-likeness (QED) is 0.577. The van der Waals surface area contributed by atoms with Gasteiger partial charge in [0.15, 0.2) is 5.96 Å². The molecular weight excluding hydrogens is 296 g/mol. The predicted octanol–water partition coefficient (Wildman–Crippen LogP) is 2.05. The number of aryl methyl sites for hydroxylation is 1. The Balaban J connectivity index is 1.85. The third kappa shape index (κ3) is 5.14. The number of rotatable bonds is 8. The van der Waals surface area contributed by atoms with E-state index in [1.165, 1.54) is 4.88 Å². The number of guanidine groups is 1. The molecule has 0 spiro atoms. The maximum absolute atomic E-state index is 4.63. The van der Waals surface area contributed by atoms with Crippen LogP contribution in [-0.4, -0.2) is 33.8 Å². The molecule has 0 aromatic carbocycles. The standard InChI is InChI=1S/C15H24N6S/c1-3-7-16-15(18-11-13-6-5-10-22-13)17-8-9-21-12-19-20-14(21)4-2/h5-6,10,12H,3-4,7-9,11H2,1-2H3,(H2,16,17,18). The third-order valence-corrected chi connectivity index (χ3v) is 4.03. The molecule has 0 aliphatic carbocycles. The molecule has 0 fully saturated rings. The number of aliphatic imine (C=N–C) groups is 1. The van der Waals surface area contributed by atoms with Gasteiger partial charge in [-0.15, -0.1) is 21.5 Å². The van der Waals surface area contributed by atoms with E-state index in [2.05, 4.69) is 61.8 Å². The van der Waals surface area contributed by atoms with Gasteiger partial charge in [0.1, 0.15) is 12.2 Å². The summed E-state index contributed by atoms with van der Waals surface area (Å²) in [5.41, 5.74) is 0. The highest BCUT2D eigenvalue weighted by molar-refractivity contribution is 7.09. The second-order valence-corrected chi connectivity index (χ2v) is 5.92. The normalized spacial score (nSPS) is 11.6. The molecule has 0 aliphatic heterocycles. The summed E-state index contributed by atoms with van der Waals surface area (Å²) in [6.45, 7) is 7.50. The van der Waals surface area contributed by atoms with Crippen molar-refractivity contribution in [2.24, 2.45) is 4.99 Å². The summed E-state index contributed by atoms with van der Waals surface area (Å²) in [5.74, 6) is 1.88. The lowest BCUT2D eigenvalue weighted by Crippen LogP contribution is -2.39. The Kier molecular flexibility index (Phi) is 6.89. The Morgan fingerprint density at radius 2 is 2.18 bits per heavy atom. The maximum atomic E-state index is 4.63. The van der Waals surface area contributed by atoms with Crippen molar-refractivity contribution in [2.45, 2.75) is 39.8 Å². The first-order valence-corrected chi connectivity index (χ1v) is 8.62. The van der Waals surface area contributed by atoms with Gasteiger partial charge in [0.25, 0.3) is 0 Å². The minimum absolute atomic E-state index is 0.712. The van der Waals surface area contributed by atoms with Gasteiger partial charge in [-0.05, 0) is 17.9 Å². The number of nitrogens with zero attached hydrogens (tertiary/aromatic N) is 4. The molecule has 0 amide bonds. The van der Waals surface area contributed by atoms with Crippen LogP contribution in [0.25, 0.3) is 0 Å². The average molecular weight is 320 g/mol. The second kappa shape index (κ2) is 9.19. The zero-order valence-electron chi connectivity index (χ0n) is 13.2. The van der Waals surface area contributed by atoms with Gasteiger partial charge in [-0.3, -0.25) is 0 Å². The summed E-state index contributed by atoms with van der Waals surface area (Å²) >= 11 is 1.73. The van der Waals surface area contributed by atoms with Crippen LogP contribution in [0.5, 0.6) is 0 Å². The van der Waals surface area contributed by atoms with Gasteiger partial charge in [-0.25, -0.2) is 4.99 Å². The van der Waals surface area contributed by atoms with Crippen LogP contribution in [0, 0.1) is 0 Å². The van der Waals surface area contributed by atoms with Crippen LogP contribution in [0.3, 0.4) is 0 Å². The van der Waals surface area contributed by atoms with Crippen molar-refractivity contribution in [2.75, 3.05) is 13.1 Å². The molecule has 2 heterocycles. The van der Waals surface area contributed by atoms with Crippen LogP contribution in [0.4, 0.5) is 0 Å². The summed E-state index contributed by atoms with van der Waals surface area (Å²) in [7, 11) is 0. The predicted molar refractivity (Wildman–Crippen MR) is 91.2 cm³/mol. The minimum atomic E-state index is 0.712. The SMILES string of the molecule is CCCNC(=NCc1cccs1)NCCn1cnnc1CC. The van der Waals surface area contributed by atoms with E-state index in [1.54, 1.807) is 17.7 Å². The molecule has 0 unspecified atom stereocenters. The lowest BCUT2D eigenvalue weighted by atomic mass is 10.4. The summed E-state index contributed by atoms with van der Waals surface area (Å²) in [6, 6.07) is 4.16. The molecular formula is C15H24N6S. The van der Waals surface area contributed by atoms with Gasteiger partial charge >= 0.3 is 0 Å². The Morgan fingerprint density at radius 1 is 1.32 bits per heavy atom. The first-order chi connectivity index (χ1) is 10.8. The molecule has 2 N–H and O–H groups in total. The number of nitrogens with one attached hydrogen (secondary N) is 2. The van der Waals surface area contributed by atoms with Crippen molar-refractivity contribution in [3.8, 4) is 0 Å². The third-order valence-electron chi connectivity index (χ3n) is 3.17. The van der Waals surface area contributed by atoms with Gasteiger partial charge in [-0.1, -0.05) is 19.9 Å². The van der Waals surface area contributed by atoms with Crippen molar-refractivity contribution < 1.29 is 0 Å². The van der Waals surface area contributed by atoms with Crippen LogP contribution < -0.4 is 10.6 Å². The molecule has 0 saturated heterocycles. The molecule has 0 saturated carbocycles. The maximum Gasteiger partial charge on any atom is 0.191 e. The number of thiophene rings is 1. The highest BCUT2D eigenvalue weighted by Gasteiger charge is 2.02. The largest absolute Gasteiger partial charge is 0.356 e. The Bertz CT molecular complexity index is 560. The molecule has 2 aromatic heterocycles. The van der Waals surface area contributed by atoms with E-state index in [9.17, 15) is 0 Å². The van der Waals surface area contributed by atoms with E-state index in [0.717, 1.165) is 44.3 Å². The summed E-state index contributed by atoms with van der Waals surface area (Å²) in [6.07, 6.45) is 3.75. The summed E-state index contributed by atoms with van der Waals surface area (Å²) in [5, 5.41) is 16.8. The fourth-order valence-corrected chi connectivity index (χ4v) is 2.64. The lowest BCUT2D eigenvalue weighted by molar-refractivity contribution is 0.631. The number of aromatic nitrogens is 3. The highest BCUT2D eigenvalue weighted by atomic mass is 32.1. The fourth-order valence-electron chi connectivity index (χ4n) is 2.01. The van der Waals surface area contributed by atoms with Crippen LogP contribution in [0.15, 0.2) is 28.8 Å². The fraction of sp³-hybridized carbons (Fsp3) is 0.533.